The molecule has 6 heteroatoms. The maximum atomic E-state index is 10.4. The van der Waals surface area contributed by atoms with Crippen LogP contribution in [0.25, 0.3) is 27.7 Å². The van der Waals surface area contributed by atoms with Gasteiger partial charge in [0.25, 0.3) is 0 Å². The number of hydrogen-bond acceptors (Lipinski definition) is 4. The van der Waals surface area contributed by atoms with Crippen LogP contribution < -0.4 is 5.73 Å². The van der Waals surface area contributed by atoms with Gasteiger partial charge in [0.15, 0.2) is 5.65 Å². The number of fused-ring (bicyclic) bond motifs is 3. The fraction of sp³-hybridized carbons (Fsp3) is 0.200. The van der Waals surface area contributed by atoms with E-state index in [1.165, 1.54) is 0 Å². The smallest absolute Gasteiger partial charge is 0.185 e. The van der Waals surface area contributed by atoms with Gasteiger partial charge in [0.05, 0.1) is 16.8 Å². The Kier molecular flexibility index (Phi) is 3.68. The molecule has 0 saturated carbocycles. The first kappa shape index (κ1) is 16.8. The predicted molar refractivity (Wildman–Crippen MR) is 105 cm³/mol. The van der Waals surface area contributed by atoms with E-state index < -0.39 is 5.60 Å². The molecule has 4 rings (SSSR count). The molecule has 0 amide bonds. The lowest BCUT2D eigenvalue weighted by molar-refractivity contribution is 0.0786. The SMILES string of the molecule is Cc1nnc2c(N)c(-c3cccc(C(C)(C)O)c3)c3cc(Cl)ccc3n12. The van der Waals surface area contributed by atoms with Crippen LogP contribution in [-0.2, 0) is 5.60 Å². The van der Waals surface area contributed by atoms with E-state index in [-0.39, 0.29) is 0 Å². The lowest BCUT2D eigenvalue weighted by Gasteiger charge is -2.20. The van der Waals surface area contributed by atoms with Crippen LogP contribution in [0, 0.1) is 6.92 Å². The third kappa shape index (κ3) is 2.52. The first-order chi connectivity index (χ1) is 12.3. The molecule has 4 aromatic rings. The molecule has 132 valence electrons. The average molecular weight is 367 g/mol. The third-order valence-corrected chi connectivity index (χ3v) is 4.90. The highest BCUT2D eigenvalue weighted by Gasteiger charge is 2.20. The topological polar surface area (TPSA) is 76.4 Å². The molecule has 0 fully saturated rings. The summed E-state index contributed by atoms with van der Waals surface area (Å²) < 4.78 is 1.93. The number of nitrogens with zero attached hydrogens (tertiary/aromatic N) is 3. The Bertz CT molecular complexity index is 1160. The molecule has 5 nitrogen and oxygen atoms in total. The van der Waals surface area contributed by atoms with Gasteiger partial charge in [-0.25, -0.2) is 0 Å². The average Bonchev–Trinajstić information content (AvgIpc) is 2.97. The number of anilines is 1. The molecule has 0 atom stereocenters. The zero-order chi connectivity index (χ0) is 18.6. The highest BCUT2D eigenvalue weighted by molar-refractivity contribution is 6.31. The van der Waals surface area contributed by atoms with Crippen molar-refractivity contribution in [1.29, 1.82) is 0 Å². The van der Waals surface area contributed by atoms with Crippen LogP contribution in [0.5, 0.6) is 0 Å². The van der Waals surface area contributed by atoms with Crippen molar-refractivity contribution in [3.05, 3.63) is 58.9 Å². The van der Waals surface area contributed by atoms with E-state index >= 15 is 0 Å². The zero-order valence-electron chi connectivity index (χ0n) is 14.8. The number of nitrogens with two attached hydrogens (primary N) is 1. The second-order valence-corrected chi connectivity index (χ2v) is 7.43. The van der Waals surface area contributed by atoms with Gasteiger partial charge in [-0.3, -0.25) is 4.40 Å². The highest BCUT2D eigenvalue weighted by Crippen LogP contribution is 2.39. The van der Waals surface area contributed by atoms with E-state index in [2.05, 4.69) is 10.2 Å². The fourth-order valence-corrected chi connectivity index (χ4v) is 3.52. The minimum Gasteiger partial charge on any atom is -0.395 e. The van der Waals surface area contributed by atoms with E-state index in [9.17, 15) is 5.11 Å². The number of nitrogen functional groups attached to an aromatic ring is 1. The van der Waals surface area contributed by atoms with Crippen molar-refractivity contribution < 1.29 is 5.11 Å². The molecule has 0 spiro atoms. The van der Waals surface area contributed by atoms with E-state index in [1.807, 2.05) is 53.8 Å². The van der Waals surface area contributed by atoms with Gasteiger partial charge >= 0.3 is 0 Å². The highest BCUT2D eigenvalue weighted by atomic mass is 35.5. The van der Waals surface area contributed by atoms with Gasteiger partial charge in [-0.2, -0.15) is 0 Å². The van der Waals surface area contributed by atoms with Crippen LogP contribution in [0.15, 0.2) is 42.5 Å². The van der Waals surface area contributed by atoms with Gasteiger partial charge in [0.1, 0.15) is 5.82 Å². The van der Waals surface area contributed by atoms with Crippen molar-refractivity contribution >= 4 is 33.8 Å². The summed E-state index contributed by atoms with van der Waals surface area (Å²) in [7, 11) is 0. The maximum Gasteiger partial charge on any atom is 0.185 e. The molecule has 0 saturated heterocycles. The molecule has 0 aliphatic rings. The molecule has 2 heterocycles. The molecule has 2 aromatic heterocycles. The monoisotopic (exact) mass is 366 g/mol. The Morgan fingerprint density at radius 1 is 1.12 bits per heavy atom. The van der Waals surface area contributed by atoms with E-state index in [0.717, 1.165) is 33.4 Å². The standard InChI is InChI=1S/C20H19ClN4O/c1-11-23-24-19-18(22)17(12-5-4-6-13(9-12)20(2,3)26)15-10-14(21)7-8-16(15)25(11)19/h4-10,26H,22H2,1-3H3. The lowest BCUT2D eigenvalue weighted by atomic mass is 9.92. The molecule has 2 aromatic carbocycles. The second-order valence-electron chi connectivity index (χ2n) is 7.00. The van der Waals surface area contributed by atoms with Crippen molar-refractivity contribution in [2.45, 2.75) is 26.4 Å². The van der Waals surface area contributed by atoms with Crippen LogP contribution >= 0.6 is 11.6 Å². The van der Waals surface area contributed by atoms with Crippen LogP contribution in [0.1, 0.15) is 25.2 Å². The Labute approximate surface area is 156 Å². The summed E-state index contributed by atoms with van der Waals surface area (Å²) in [6.07, 6.45) is 0. The summed E-state index contributed by atoms with van der Waals surface area (Å²) in [6, 6.07) is 13.4. The number of rotatable bonds is 2. The number of aromatic nitrogens is 3. The van der Waals surface area contributed by atoms with Crippen molar-refractivity contribution in [2.75, 3.05) is 5.73 Å². The number of pyridine rings is 1. The number of hydrogen-bond donors (Lipinski definition) is 2. The predicted octanol–water partition coefficient (Wildman–Crippen LogP) is 4.32. The molecular formula is C20H19ClN4O. The Hall–Kier alpha value is -2.63. The summed E-state index contributed by atoms with van der Waals surface area (Å²) >= 11 is 6.28. The van der Waals surface area contributed by atoms with Crippen LogP contribution in [-0.4, -0.2) is 19.7 Å². The van der Waals surface area contributed by atoms with Gasteiger partial charge < -0.3 is 10.8 Å². The fourth-order valence-electron chi connectivity index (χ4n) is 3.35. The Morgan fingerprint density at radius 2 is 1.88 bits per heavy atom. The van der Waals surface area contributed by atoms with E-state index in [1.54, 1.807) is 13.8 Å². The van der Waals surface area contributed by atoms with Gasteiger partial charge in [0, 0.05) is 16.0 Å². The van der Waals surface area contributed by atoms with Gasteiger partial charge in [-0.05, 0) is 56.2 Å². The largest absolute Gasteiger partial charge is 0.395 e. The third-order valence-electron chi connectivity index (χ3n) is 4.66. The normalized spacial score (nSPS) is 12.2. The van der Waals surface area contributed by atoms with Crippen LogP contribution in [0.4, 0.5) is 5.69 Å². The zero-order valence-corrected chi connectivity index (χ0v) is 15.5. The summed E-state index contributed by atoms with van der Waals surface area (Å²) in [5.41, 5.74) is 10.2. The first-order valence-corrected chi connectivity index (χ1v) is 8.71. The van der Waals surface area contributed by atoms with Crippen molar-refractivity contribution in [3.63, 3.8) is 0 Å². The first-order valence-electron chi connectivity index (χ1n) is 8.33. The molecular weight excluding hydrogens is 348 g/mol. The van der Waals surface area contributed by atoms with Gasteiger partial charge in [-0.1, -0.05) is 29.8 Å². The van der Waals surface area contributed by atoms with Crippen molar-refractivity contribution in [3.8, 4) is 11.1 Å². The summed E-state index contributed by atoms with van der Waals surface area (Å²) in [6.45, 7) is 5.41. The molecule has 0 unspecified atom stereocenters. The summed E-state index contributed by atoms with van der Waals surface area (Å²) in [5.74, 6) is 0.760. The maximum absolute atomic E-state index is 10.4. The lowest BCUT2D eigenvalue weighted by Crippen LogP contribution is -2.15. The quantitative estimate of drug-likeness (QED) is 0.554. The molecule has 3 N–H and O–H groups in total. The van der Waals surface area contributed by atoms with Crippen molar-refractivity contribution in [1.82, 2.24) is 14.6 Å². The van der Waals surface area contributed by atoms with Crippen LogP contribution in [0.2, 0.25) is 5.02 Å². The minimum atomic E-state index is -0.951. The van der Waals surface area contributed by atoms with Gasteiger partial charge in [-0.15, -0.1) is 10.2 Å². The minimum absolute atomic E-state index is 0.535. The Balaban J connectivity index is 2.15. The summed E-state index contributed by atoms with van der Waals surface area (Å²) in [5, 5.41) is 20.4. The van der Waals surface area contributed by atoms with Crippen molar-refractivity contribution in [2.24, 2.45) is 0 Å². The summed E-state index contributed by atoms with van der Waals surface area (Å²) in [4.78, 5) is 0. The van der Waals surface area contributed by atoms with E-state index in [4.69, 9.17) is 17.3 Å². The van der Waals surface area contributed by atoms with Crippen LogP contribution in [0.3, 0.4) is 0 Å². The second kappa shape index (κ2) is 5.69. The number of halogens is 1. The molecule has 0 aliphatic heterocycles. The Morgan fingerprint density at radius 3 is 2.62 bits per heavy atom. The molecule has 0 bridgehead atoms. The number of aliphatic hydroxyl groups is 1. The molecule has 26 heavy (non-hydrogen) atoms. The molecule has 0 radical (unpaired) electrons. The number of aryl methyl sites for hydroxylation is 1. The van der Waals surface area contributed by atoms with Gasteiger partial charge in [0.2, 0.25) is 0 Å². The molecule has 0 aliphatic carbocycles. The number of benzene rings is 2. The van der Waals surface area contributed by atoms with E-state index in [0.29, 0.717) is 16.4 Å².